The lowest BCUT2D eigenvalue weighted by Crippen LogP contribution is -2.46. The predicted molar refractivity (Wildman–Crippen MR) is 113 cm³/mol. The maximum atomic E-state index is 6.26. The summed E-state index contributed by atoms with van der Waals surface area (Å²) in [5.74, 6) is 0. The molecule has 0 saturated carbocycles. The minimum atomic E-state index is 0.829. The molecule has 138 valence electrons. The topological polar surface area (TPSA) is 6.48 Å². The van der Waals surface area contributed by atoms with Gasteiger partial charge in [-0.25, -0.2) is 0 Å². The van der Waals surface area contributed by atoms with Gasteiger partial charge in [-0.2, -0.15) is 0 Å². The second-order valence-electron chi connectivity index (χ2n) is 7.22. The van der Waals surface area contributed by atoms with Gasteiger partial charge in [-0.1, -0.05) is 71.8 Å². The highest BCUT2D eigenvalue weighted by Gasteiger charge is 2.16. The molecule has 3 heteroatoms. The molecule has 3 rings (SSSR count). The summed E-state index contributed by atoms with van der Waals surface area (Å²) in [6.07, 6.45) is 4.64. The molecule has 0 radical (unpaired) electrons. The molecule has 0 aromatic heterocycles. The van der Waals surface area contributed by atoms with Crippen LogP contribution in [-0.2, 0) is 6.42 Å². The van der Waals surface area contributed by atoms with Gasteiger partial charge < -0.3 is 4.90 Å². The standard InChI is InChI=1S/C23H29ClN2/c1-20(18-22-11-5-6-12-23(22)24)19-26-16-14-25(15-17-26)13-7-10-21-8-3-2-4-9-21/h2-6,8-9,11-12,18H,7,10,13-17,19H2,1H3. The van der Waals surface area contributed by atoms with Crippen molar-refractivity contribution in [1.82, 2.24) is 9.80 Å². The fourth-order valence-electron chi connectivity index (χ4n) is 3.58. The van der Waals surface area contributed by atoms with E-state index in [1.54, 1.807) is 0 Å². The van der Waals surface area contributed by atoms with Crippen LogP contribution in [0.5, 0.6) is 0 Å². The number of rotatable bonds is 7. The third kappa shape index (κ3) is 5.98. The van der Waals surface area contributed by atoms with E-state index in [2.05, 4.69) is 59.2 Å². The highest BCUT2D eigenvalue weighted by Crippen LogP contribution is 2.18. The summed E-state index contributed by atoms with van der Waals surface area (Å²) in [7, 11) is 0. The Kier molecular flexibility index (Phi) is 7.31. The molecule has 0 N–H and O–H groups in total. The van der Waals surface area contributed by atoms with Crippen molar-refractivity contribution in [2.24, 2.45) is 0 Å². The fourth-order valence-corrected chi connectivity index (χ4v) is 3.77. The van der Waals surface area contributed by atoms with Gasteiger partial charge in [0.1, 0.15) is 0 Å². The van der Waals surface area contributed by atoms with E-state index in [0.717, 1.165) is 30.2 Å². The molecule has 1 aliphatic heterocycles. The van der Waals surface area contributed by atoms with Crippen molar-refractivity contribution in [3.05, 3.63) is 76.3 Å². The normalized spacial score (nSPS) is 16.8. The summed E-state index contributed by atoms with van der Waals surface area (Å²) in [5.41, 5.74) is 3.94. The van der Waals surface area contributed by atoms with E-state index in [9.17, 15) is 0 Å². The van der Waals surface area contributed by atoms with Gasteiger partial charge in [0.15, 0.2) is 0 Å². The highest BCUT2D eigenvalue weighted by atomic mass is 35.5. The first kappa shape index (κ1) is 19.2. The first-order valence-electron chi connectivity index (χ1n) is 9.61. The first-order valence-corrected chi connectivity index (χ1v) is 9.99. The lowest BCUT2D eigenvalue weighted by atomic mass is 10.1. The molecule has 0 unspecified atom stereocenters. The smallest absolute Gasteiger partial charge is 0.0478 e. The van der Waals surface area contributed by atoms with E-state index in [1.807, 2.05) is 18.2 Å². The highest BCUT2D eigenvalue weighted by molar-refractivity contribution is 6.32. The Balaban J connectivity index is 1.39. The maximum absolute atomic E-state index is 6.26. The maximum Gasteiger partial charge on any atom is 0.0478 e. The third-order valence-electron chi connectivity index (χ3n) is 5.03. The van der Waals surface area contributed by atoms with Crippen molar-refractivity contribution in [2.45, 2.75) is 19.8 Å². The van der Waals surface area contributed by atoms with Crippen LogP contribution in [-0.4, -0.2) is 49.1 Å². The average Bonchev–Trinajstić information content (AvgIpc) is 2.66. The summed E-state index contributed by atoms with van der Waals surface area (Å²) in [6.45, 7) is 9.09. The van der Waals surface area contributed by atoms with Crippen LogP contribution in [0.25, 0.3) is 6.08 Å². The summed E-state index contributed by atoms with van der Waals surface area (Å²) in [5, 5.41) is 0.829. The Labute approximate surface area is 163 Å². The third-order valence-corrected chi connectivity index (χ3v) is 5.37. The van der Waals surface area contributed by atoms with Crippen LogP contribution in [0.4, 0.5) is 0 Å². The average molecular weight is 369 g/mol. The molecule has 1 saturated heterocycles. The van der Waals surface area contributed by atoms with Crippen molar-refractivity contribution >= 4 is 17.7 Å². The van der Waals surface area contributed by atoms with Crippen LogP contribution in [0.3, 0.4) is 0 Å². The zero-order valence-electron chi connectivity index (χ0n) is 15.7. The Morgan fingerprint density at radius 1 is 0.923 bits per heavy atom. The monoisotopic (exact) mass is 368 g/mol. The zero-order chi connectivity index (χ0) is 18.2. The summed E-state index contributed by atoms with van der Waals surface area (Å²) in [4.78, 5) is 5.16. The van der Waals surface area contributed by atoms with Gasteiger partial charge in [0.25, 0.3) is 0 Å². The van der Waals surface area contributed by atoms with E-state index in [-0.39, 0.29) is 0 Å². The number of nitrogens with zero attached hydrogens (tertiary/aromatic N) is 2. The Morgan fingerprint density at radius 2 is 1.58 bits per heavy atom. The molecule has 0 spiro atoms. The quantitative estimate of drug-likeness (QED) is 0.679. The number of hydrogen-bond acceptors (Lipinski definition) is 2. The summed E-state index contributed by atoms with van der Waals surface area (Å²) >= 11 is 6.26. The lowest BCUT2D eigenvalue weighted by molar-refractivity contribution is 0.139. The second-order valence-corrected chi connectivity index (χ2v) is 7.63. The van der Waals surface area contributed by atoms with Crippen LogP contribution >= 0.6 is 11.6 Å². The fraction of sp³-hybridized carbons (Fsp3) is 0.391. The van der Waals surface area contributed by atoms with Gasteiger partial charge >= 0.3 is 0 Å². The van der Waals surface area contributed by atoms with Crippen LogP contribution in [0.1, 0.15) is 24.5 Å². The second kappa shape index (κ2) is 9.91. The Morgan fingerprint density at radius 3 is 2.31 bits per heavy atom. The van der Waals surface area contributed by atoms with Crippen LogP contribution in [0.15, 0.2) is 60.2 Å². The molecule has 1 heterocycles. The Hall–Kier alpha value is -1.61. The molecule has 2 aromatic carbocycles. The minimum Gasteiger partial charge on any atom is -0.301 e. The molecule has 0 bridgehead atoms. The van der Waals surface area contributed by atoms with Crippen molar-refractivity contribution in [2.75, 3.05) is 39.3 Å². The van der Waals surface area contributed by atoms with Crippen molar-refractivity contribution in [1.29, 1.82) is 0 Å². The number of hydrogen-bond donors (Lipinski definition) is 0. The predicted octanol–water partition coefficient (Wildman–Crippen LogP) is 4.99. The van der Waals surface area contributed by atoms with Crippen LogP contribution in [0.2, 0.25) is 5.02 Å². The lowest BCUT2D eigenvalue weighted by Gasteiger charge is -2.35. The van der Waals surface area contributed by atoms with Gasteiger partial charge in [-0.15, -0.1) is 0 Å². The minimum absolute atomic E-state index is 0.829. The molecule has 1 fully saturated rings. The van der Waals surface area contributed by atoms with Crippen molar-refractivity contribution in [3.63, 3.8) is 0 Å². The van der Waals surface area contributed by atoms with Crippen LogP contribution < -0.4 is 0 Å². The molecule has 0 atom stereocenters. The van der Waals surface area contributed by atoms with Crippen molar-refractivity contribution in [3.8, 4) is 0 Å². The van der Waals surface area contributed by atoms with E-state index < -0.39 is 0 Å². The van der Waals surface area contributed by atoms with E-state index in [0.29, 0.717) is 0 Å². The number of piperazine rings is 1. The number of halogens is 1. The number of benzene rings is 2. The SMILES string of the molecule is CC(=Cc1ccccc1Cl)CN1CCN(CCCc2ccccc2)CC1. The van der Waals surface area contributed by atoms with Gasteiger partial charge in [0, 0.05) is 37.7 Å². The molecular formula is C23H29ClN2. The number of aryl methyl sites for hydroxylation is 1. The van der Waals surface area contributed by atoms with Gasteiger partial charge in [0.2, 0.25) is 0 Å². The van der Waals surface area contributed by atoms with E-state index >= 15 is 0 Å². The zero-order valence-corrected chi connectivity index (χ0v) is 16.5. The molecule has 0 aliphatic carbocycles. The molecule has 26 heavy (non-hydrogen) atoms. The largest absolute Gasteiger partial charge is 0.301 e. The molecular weight excluding hydrogens is 340 g/mol. The molecule has 2 nitrogen and oxygen atoms in total. The summed E-state index contributed by atoms with van der Waals surface area (Å²) in [6, 6.07) is 18.9. The first-order chi connectivity index (χ1) is 12.7. The van der Waals surface area contributed by atoms with Crippen molar-refractivity contribution < 1.29 is 0 Å². The Bertz CT molecular complexity index is 703. The van der Waals surface area contributed by atoms with Crippen LogP contribution in [0, 0.1) is 0 Å². The van der Waals surface area contributed by atoms with Gasteiger partial charge in [0.05, 0.1) is 0 Å². The van der Waals surface area contributed by atoms with Gasteiger partial charge in [-0.05, 0) is 43.5 Å². The van der Waals surface area contributed by atoms with Gasteiger partial charge in [-0.3, -0.25) is 4.90 Å². The molecule has 1 aliphatic rings. The molecule has 2 aromatic rings. The van der Waals surface area contributed by atoms with E-state index in [4.69, 9.17) is 11.6 Å². The molecule has 0 amide bonds. The van der Waals surface area contributed by atoms with E-state index in [1.165, 1.54) is 43.6 Å². The summed E-state index contributed by atoms with van der Waals surface area (Å²) < 4.78 is 0.